The van der Waals surface area contributed by atoms with E-state index in [9.17, 15) is 0 Å². The van der Waals surface area contributed by atoms with Crippen molar-refractivity contribution in [1.29, 1.82) is 0 Å². The fourth-order valence-corrected chi connectivity index (χ4v) is 3.88. The van der Waals surface area contributed by atoms with Gasteiger partial charge in [0.05, 0.1) is 0 Å². The topological polar surface area (TPSA) is 0 Å². The maximum absolute atomic E-state index is 2.25. The van der Waals surface area contributed by atoms with E-state index in [1.807, 2.05) is 22.7 Å². The van der Waals surface area contributed by atoms with Crippen LogP contribution in [0.25, 0.3) is 9.75 Å². The van der Waals surface area contributed by atoms with Crippen molar-refractivity contribution in [3.05, 3.63) is 33.0 Å². The molecule has 0 nitrogen and oxygen atoms in total. The van der Waals surface area contributed by atoms with Crippen molar-refractivity contribution in [1.82, 2.24) is 0 Å². The van der Waals surface area contributed by atoms with Crippen molar-refractivity contribution >= 4 is 22.7 Å². The average Bonchev–Trinajstić information content (AvgIpc) is 2.63. The molecule has 0 aromatic carbocycles. The van der Waals surface area contributed by atoms with Crippen molar-refractivity contribution in [2.75, 3.05) is 0 Å². The lowest BCUT2D eigenvalue weighted by atomic mass is 10.1. The van der Waals surface area contributed by atoms with Gasteiger partial charge in [0.1, 0.15) is 0 Å². The van der Waals surface area contributed by atoms with E-state index >= 15 is 0 Å². The predicted molar refractivity (Wildman–Crippen MR) is 66.6 cm³/mol. The molecule has 0 N–H and O–H groups in total. The Hall–Kier alpha value is -0.600. The highest BCUT2D eigenvalue weighted by atomic mass is 32.1. The molecule has 2 heterocycles. The van der Waals surface area contributed by atoms with Gasteiger partial charge in [-0.2, -0.15) is 0 Å². The van der Waals surface area contributed by atoms with Gasteiger partial charge >= 0.3 is 0 Å². The summed E-state index contributed by atoms with van der Waals surface area (Å²) in [5, 5.41) is 4.50. The van der Waals surface area contributed by atoms with E-state index in [0.717, 1.165) is 0 Å². The number of aryl methyl sites for hydroxylation is 2. The van der Waals surface area contributed by atoms with E-state index in [1.165, 1.54) is 32.0 Å². The second-order valence-corrected chi connectivity index (χ2v) is 5.50. The minimum Gasteiger partial charge on any atom is -0.142 e. The minimum absolute atomic E-state index is 1.41. The molecule has 0 unspecified atom stereocenters. The Labute approximate surface area is 93.2 Å². The van der Waals surface area contributed by atoms with Crippen molar-refractivity contribution in [3.8, 4) is 9.75 Å². The molecule has 0 spiro atoms. The summed E-state index contributed by atoms with van der Waals surface area (Å²) in [6, 6.07) is 0. The Kier molecular flexibility index (Phi) is 2.50. The van der Waals surface area contributed by atoms with Gasteiger partial charge in [0, 0.05) is 9.75 Å². The zero-order valence-electron chi connectivity index (χ0n) is 8.97. The first-order valence-electron chi connectivity index (χ1n) is 4.71. The third-order valence-electron chi connectivity index (χ3n) is 2.78. The summed E-state index contributed by atoms with van der Waals surface area (Å²) in [6.07, 6.45) is 0. The number of rotatable bonds is 1. The number of hydrogen-bond donors (Lipinski definition) is 0. The van der Waals surface area contributed by atoms with Crippen LogP contribution in [0.4, 0.5) is 0 Å². The molecule has 2 aromatic rings. The Balaban J connectivity index is 2.60. The highest BCUT2D eigenvalue weighted by Crippen LogP contribution is 2.38. The lowest BCUT2D eigenvalue weighted by molar-refractivity contribution is 1.38. The number of hydrogen-bond acceptors (Lipinski definition) is 2. The van der Waals surface area contributed by atoms with Gasteiger partial charge in [0.15, 0.2) is 0 Å². The normalized spacial score (nSPS) is 10.9. The zero-order chi connectivity index (χ0) is 10.3. The summed E-state index contributed by atoms with van der Waals surface area (Å²) >= 11 is 3.73. The van der Waals surface area contributed by atoms with Crippen LogP contribution in [0.3, 0.4) is 0 Å². The van der Waals surface area contributed by atoms with Crippen LogP contribution in [0.5, 0.6) is 0 Å². The molecular formula is C12H14S2. The second kappa shape index (κ2) is 3.52. The highest BCUT2D eigenvalue weighted by molar-refractivity contribution is 7.20. The molecule has 0 bridgehead atoms. The maximum Gasteiger partial charge on any atom is 0.0477 e. The number of thiophene rings is 2. The molecule has 74 valence electrons. The van der Waals surface area contributed by atoms with Gasteiger partial charge in [0.2, 0.25) is 0 Å². The molecule has 0 fully saturated rings. The fraction of sp³-hybridized carbons (Fsp3) is 0.333. The summed E-state index contributed by atoms with van der Waals surface area (Å²) in [5.41, 5.74) is 5.71. The molecule has 2 heteroatoms. The molecule has 0 radical (unpaired) electrons. The summed E-state index contributed by atoms with van der Waals surface area (Å²) in [5.74, 6) is 0. The molecule has 0 aliphatic carbocycles. The van der Waals surface area contributed by atoms with Gasteiger partial charge < -0.3 is 0 Å². The highest BCUT2D eigenvalue weighted by Gasteiger charge is 2.11. The van der Waals surface area contributed by atoms with Gasteiger partial charge in [-0.25, -0.2) is 0 Å². The maximum atomic E-state index is 2.25. The largest absolute Gasteiger partial charge is 0.142 e. The van der Waals surface area contributed by atoms with E-state index in [1.54, 1.807) is 0 Å². The Morgan fingerprint density at radius 1 is 0.714 bits per heavy atom. The summed E-state index contributed by atoms with van der Waals surface area (Å²) in [7, 11) is 0. The molecule has 0 amide bonds. The first kappa shape index (κ1) is 9.94. The van der Waals surface area contributed by atoms with Crippen LogP contribution in [-0.2, 0) is 0 Å². The second-order valence-electron chi connectivity index (χ2n) is 3.75. The summed E-state index contributed by atoms with van der Waals surface area (Å²) < 4.78 is 0. The molecule has 0 saturated heterocycles. The molecule has 2 aromatic heterocycles. The van der Waals surface area contributed by atoms with Gasteiger partial charge in [-0.05, 0) is 60.7 Å². The molecule has 14 heavy (non-hydrogen) atoms. The standard InChI is InChI=1S/C12H14S2/c1-7-5-13-11(9(7)3)12-10(4)8(2)6-14-12/h5-6H,1-4H3. The summed E-state index contributed by atoms with van der Waals surface area (Å²) in [6.45, 7) is 8.81. The third-order valence-corrected chi connectivity index (χ3v) is 5.34. The fourth-order valence-electron chi connectivity index (χ4n) is 1.45. The Morgan fingerprint density at radius 2 is 1.07 bits per heavy atom. The van der Waals surface area contributed by atoms with Crippen LogP contribution in [0, 0.1) is 27.7 Å². The molecule has 0 aliphatic rings. The van der Waals surface area contributed by atoms with Gasteiger partial charge in [0.25, 0.3) is 0 Å². The molecule has 0 atom stereocenters. The van der Waals surface area contributed by atoms with Gasteiger partial charge in [-0.15, -0.1) is 22.7 Å². The SMILES string of the molecule is Cc1csc(-c2scc(C)c2C)c1C. The van der Waals surface area contributed by atoms with Crippen LogP contribution < -0.4 is 0 Å². The predicted octanol–water partition coefficient (Wildman–Crippen LogP) is 4.71. The van der Waals surface area contributed by atoms with Crippen molar-refractivity contribution < 1.29 is 0 Å². The smallest absolute Gasteiger partial charge is 0.0477 e. The average molecular weight is 222 g/mol. The minimum atomic E-state index is 1.41. The third kappa shape index (κ3) is 1.43. The molecule has 2 rings (SSSR count). The van der Waals surface area contributed by atoms with Crippen molar-refractivity contribution in [2.45, 2.75) is 27.7 Å². The lowest BCUT2D eigenvalue weighted by Gasteiger charge is -1.99. The van der Waals surface area contributed by atoms with E-state index in [-0.39, 0.29) is 0 Å². The zero-order valence-corrected chi connectivity index (χ0v) is 10.6. The molecular weight excluding hydrogens is 208 g/mol. The van der Waals surface area contributed by atoms with Crippen LogP contribution in [0.15, 0.2) is 10.8 Å². The van der Waals surface area contributed by atoms with Crippen LogP contribution in [-0.4, -0.2) is 0 Å². The lowest BCUT2D eigenvalue weighted by Crippen LogP contribution is -1.78. The first-order chi connectivity index (χ1) is 6.61. The van der Waals surface area contributed by atoms with E-state index in [0.29, 0.717) is 0 Å². The van der Waals surface area contributed by atoms with Crippen LogP contribution >= 0.6 is 22.7 Å². The van der Waals surface area contributed by atoms with Gasteiger partial charge in [-0.1, -0.05) is 0 Å². The first-order valence-corrected chi connectivity index (χ1v) is 6.47. The quantitative estimate of drug-likeness (QED) is 0.655. The van der Waals surface area contributed by atoms with Crippen molar-refractivity contribution in [2.24, 2.45) is 0 Å². The molecule has 0 aliphatic heterocycles. The van der Waals surface area contributed by atoms with Crippen molar-refractivity contribution in [3.63, 3.8) is 0 Å². The van der Waals surface area contributed by atoms with E-state index in [4.69, 9.17) is 0 Å². The van der Waals surface area contributed by atoms with Gasteiger partial charge in [-0.3, -0.25) is 0 Å². The van der Waals surface area contributed by atoms with E-state index in [2.05, 4.69) is 38.5 Å². The Bertz CT molecular complexity index is 416. The Morgan fingerprint density at radius 3 is 1.29 bits per heavy atom. The van der Waals surface area contributed by atoms with Crippen LogP contribution in [0.1, 0.15) is 22.3 Å². The monoisotopic (exact) mass is 222 g/mol. The summed E-state index contributed by atoms with van der Waals surface area (Å²) in [4.78, 5) is 2.91. The molecule has 0 saturated carbocycles. The van der Waals surface area contributed by atoms with Crippen LogP contribution in [0.2, 0.25) is 0 Å². The van der Waals surface area contributed by atoms with E-state index < -0.39 is 0 Å².